The van der Waals surface area contributed by atoms with E-state index in [4.69, 9.17) is 0 Å². The third-order valence-corrected chi connectivity index (χ3v) is 3.64. The number of hydrogen-bond acceptors (Lipinski definition) is 2. The van der Waals surface area contributed by atoms with Gasteiger partial charge in [-0.3, -0.25) is 0 Å². The second-order valence-corrected chi connectivity index (χ2v) is 4.70. The third kappa shape index (κ3) is 1.09. The van der Waals surface area contributed by atoms with E-state index in [0.717, 1.165) is 20.9 Å². The molecule has 0 aliphatic carbocycles. The minimum absolute atomic E-state index is 0.395. The van der Waals surface area contributed by atoms with E-state index in [-0.39, 0.29) is 0 Å². The molecule has 0 radical (unpaired) electrons. The van der Waals surface area contributed by atoms with Gasteiger partial charge in [0, 0.05) is 0 Å². The Bertz CT molecular complexity index is 521. The Kier molecular flexibility index (Phi) is 1.48. The van der Waals surface area contributed by atoms with Crippen LogP contribution in [-0.4, -0.2) is 24.5 Å². The summed E-state index contributed by atoms with van der Waals surface area (Å²) in [6, 6.07) is 10.1. The van der Waals surface area contributed by atoms with Crippen LogP contribution in [0.4, 0.5) is 0 Å². The first-order valence-corrected chi connectivity index (χ1v) is 5.88. The van der Waals surface area contributed by atoms with Gasteiger partial charge in [0.15, 0.2) is 0 Å². The summed E-state index contributed by atoms with van der Waals surface area (Å²) in [6.07, 6.45) is 0. The molecule has 0 amide bonds. The maximum absolute atomic E-state index is 4.56. The van der Waals surface area contributed by atoms with E-state index < -0.39 is 0 Å². The van der Waals surface area contributed by atoms with Crippen LogP contribution < -0.4 is 0 Å². The summed E-state index contributed by atoms with van der Waals surface area (Å²) in [6.45, 7) is 0. The van der Waals surface area contributed by atoms with Gasteiger partial charge in [0.05, 0.1) is 0 Å². The van der Waals surface area contributed by atoms with Crippen LogP contribution in [-0.2, 0) is 0 Å². The van der Waals surface area contributed by atoms with Gasteiger partial charge in [0.1, 0.15) is 0 Å². The monoisotopic (exact) mass is 234 g/mol. The fourth-order valence-corrected chi connectivity index (χ4v) is 2.85. The molecule has 2 aromatic heterocycles. The van der Waals surface area contributed by atoms with Crippen LogP contribution >= 0.6 is 0 Å². The molecular formula is C10H6N2Se. The molecule has 3 heteroatoms. The Balaban J connectivity index is 2.57. The average Bonchev–Trinajstić information content (AvgIpc) is 2.61. The van der Waals surface area contributed by atoms with Crippen LogP contribution in [0.25, 0.3) is 20.9 Å². The van der Waals surface area contributed by atoms with Crippen LogP contribution in [0.3, 0.4) is 0 Å². The van der Waals surface area contributed by atoms with Gasteiger partial charge in [-0.15, -0.1) is 0 Å². The number of nitrogens with zero attached hydrogens (tertiary/aromatic N) is 2. The summed E-state index contributed by atoms with van der Waals surface area (Å²) in [7, 11) is 0. The first kappa shape index (κ1) is 7.24. The molecule has 13 heavy (non-hydrogen) atoms. The van der Waals surface area contributed by atoms with Crippen LogP contribution in [0.1, 0.15) is 0 Å². The molecule has 0 spiro atoms. The summed E-state index contributed by atoms with van der Waals surface area (Å²) < 4.78 is 1.16. The third-order valence-electron chi connectivity index (χ3n) is 1.97. The molecule has 2 nitrogen and oxygen atoms in total. The number of rotatable bonds is 0. The Morgan fingerprint density at radius 2 is 1.62 bits per heavy atom. The van der Waals surface area contributed by atoms with Crippen molar-refractivity contribution in [1.29, 1.82) is 0 Å². The Morgan fingerprint density at radius 3 is 2.46 bits per heavy atom. The van der Waals surface area contributed by atoms with E-state index in [2.05, 4.69) is 21.0 Å². The van der Waals surface area contributed by atoms with Crippen molar-refractivity contribution in [1.82, 2.24) is 9.97 Å². The first-order valence-electron chi connectivity index (χ1n) is 4.03. The van der Waals surface area contributed by atoms with Gasteiger partial charge >= 0.3 is 80.7 Å². The van der Waals surface area contributed by atoms with Gasteiger partial charge in [-0.05, 0) is 0 Å². The predicted molar refractivity (Wildman–Crippen MR) is 54.0 cm³/mol. The zero-order valence-corrected chi connectivity index (χ0v) is 8.48. The summed E-state index contributed by atoms with van der Waals surface area (Å²) in [5.41, 5.74) is 3.05. The van der Waals surface area contributed by atoms with Gasteiger partial charge in [-0.1, -0.05) is 0 Å². The molecule has 0 N–H and O–H groups in total. The van der Waals surface area contributed by atoms with E-state index in [0.29, 0.717) is 14.5 Å². The van der Waals surface area contributed by atoms with Crippen molar-refractivity contribution in [2.75, 3.05) is 0 Å². The molecule has 1 aromatic carbocycles. The van der Waals surface area contributed by atoms with Crippen LogP contribution in [0, 0.1) is 0 Å². The zero-order valence-electron chi connectivity index (χ0n) is 6.77. The van der Waals surface area contributed by atoms with E-state index in [1.165, 1.54) is 0 Å². The van der Waals surface area contributed by atoms with Crippen molar-refractivity contribution in [2.45, 2.75) is 0 Å². The summed E-state index contributed by atoms with van der Waals surface area (Å²) in [5.74, 6) is 0. The molecule has 0 saturated heterocycles. The van der Waals surface area contributed by atoms with E-state index >= 15 is 0 Å². The van der Waals surface area contributed by atoms with Gasteiger partial charge in [0.25, 0.3) is 0 Å². The molecular weight excluding hydrogens is 227 g/mol. The zero-order chi connectivity index (χ0) is 8.67. The quantitative estimate of drug-likeness (QED) is 0.554. The van der Waals surface area contributed by atoms with Crippen LogP contribution in [0.2, 0.25) is 0 Å². The number of hydrogen-bond donors (Lipinski definition) is 0. The number of benzene rings is 1. The Labute approximate surface area is 81.0 Å². The fraction of sp³-hybridized carbons (Fsp3) is 0. The standard InChI is InChI=1S/C10H6N2Se/c1-2-4-8-7(3-1)11-9-5-6-13-10(9)12-8/h1-6H. The molecule has 3 aromatic rings. The fourth-order valence-electron chi connectivity index (χ4n) is 1.36. The van der Waals surface area contributed by atoms with E-state index in [1.54, 1.807) is 0 Å². The Morgan fingerprint density at radius 1 is 0.846 bits per heavy atom. The summed E-state index contributed by atoms with van der Waals surface area (Å²) in [4.78, 5) is 11.2. The van der Waals surface area contributed by atoms with Crippen molar-refractivity contribution < 1.29 is 0 Å². The number of fused-ring (bicyclic) bond motifs is 2. The SMILES string of the molecule is c1ccc2nc3[se]ccc3nc2c1. The van der Waals surface area contributed by atoms with Crippen molar-refractivity contribution in [3.63, 3.8) is 0 Å². The number of aromatic nitrogens is 2. The first-order chi connectivity index (χ1) is 6.43. The number of para-hydroxylation sites is 2. The maximum atomic E-state index is 4.56. The minimum atomic E-state index is 0.395. The summed E-state index contributed by atoms with van der Waals surface area (Å²) in [5, 5.41) is 0. The average molecular weight is 233 g/mol. The van der Waals surface area contributed by atoms with Crippen molar-refractivity contribution in [3.8, 4) is 0 Å². The topological polar surface area (TPSA) is 25.8 Å². The van der Waals surface area contributed by atoms with Gasteiger partial charge in [-0.25, -0.2) is 0 Å². The van der Waals surface area contributed by atoms with Crippen molar-refractivity contribution in [2.24, 2.45) is 0 Å². The van der Waals surface area contributed by atoms with Crippen LogP contribution in [0.5, 0.6) is 0 Å². The second-order valence-electron chi connectivity index (χ2n) is 2.82. The molecule has 3 rings (SSSR count). The molecule has 0 saturated carbocycles. The normalized spacial score (nSPS) is 11.1. The summed E-state index contributed by atoms with van der Waals surface area (Å²) >= 11 is 0.395. The van der Waals surface area contributed by atoms with Crippen LogP contribution in [0.15, 0.2) is 35.3 Å². The molecule has 0 atom stereocenters. The van der Waals surface area contributed by atoms with Crippen molar-refractivity contribution in [3.05, 3.63) is 35.3 Å². The predicted octanol–water partition coefficient (Wildman–Crippen LogP) is 1.84. The van der Waals surface area contributed by atoms with Gasteiger partial charge < -0.3 is 0 Å². The van der Waals surface area contributed by atoms with E-state index in [1.807, 2.05) is 24.3 Å². The van der Waals surface area contributed by atoms with Gasteiger partial charge in [-0.2, -0.15) is 0 Å². The molecule has 0 unspecified atom stereocenters. The van der Waals surface area contributed by atoms with Crippen molar-refractivity contribution >= 4 is 35.4 Å². The second kappa shape index (κ2) is 2.66. The molecule has 2 heterocycles. The molecule has 0 aliphatic rings. The molecule has 0 aliphatic heterocycles. The Hall–Kier alpha value is -1.18. The van der Waals surface area contributed by atoms with Gasteiger partial charge in [0.2, 0.25) is 0 Å². The van der Waals surface area contributed by atoms with E-state index in [9.17, 15) is 0 Å². The molecule has 0 fully saturated rings. The molecule has 62 valence electrons. The molecule has 0 bridgehead atoms.